The summed E-state index contributed by atoms with van der Waals surface area (Å²) in [6, 6.07) is 0. The van der Waals surface area contributed by atoms with Crippen LogP contribution in [0.1, 0.15) is 6.92 Å². The van der Waals surface area contributed by atoms with Crippen LogP contribution in [-0.2, 0) is 9.53 Å². The first-order valence-corrected chi connectivity index (χ1v) is 4.05. The number of hydrogen-bond acceptors (Lipinski definition) is 4. The number of nitrogens with zero attached hydrogens (tertiary/aromatic N) is 1. The average Bonchev–Trinajstić information content (AvgIpc) is 1.80. The van der Waals surface area contributed by atoms with Gasteiger partial charge in [0.2, 0.25) is 0 Å². The van der Waals surface area contributed by atoms with Gasteiger partial charge in [-0.3, -0.25) is 4.79 Å². The van der Waals surface area contributed by atoms with Gasteiger partial charge in [-0.05, 0) is 0 Å². The van der Waals surface area contributed by atoms with Gasteiger partial charge < -0.3 is 24.9 Å². The smallest absolute Gasteiger partial charge is 0.302 e. The molecule has 0 heterocycles. The number of carbonyl (C=O) groups excluding carboxylic acids is 2. The molecule has 0 saturated heterocycles. The minimum absolute atomic E-state index is 0.201. The van der Waals surface area contributed by atoms with Crippen molar-refractivity contribution in [3.05, 3.63) is 0 Å². The summed E-state index contributed by atoms with van der Waals surface area (Å²) < 4.78 is 5.59. The van der Waals surface area contributed by atoms with Crippen LogP contribution in [-0.4, -0.2) is 50.8 Å². The Hall–Kier alpha value is -1.30. The van der Waals surface area contributed by atoms with Crippen LogP contribution in [0.15, 0.2) is 0 Å². The van der Waals surface area contributed by atoms with Crippen LogP contribution in [0.25, 0.3) is 0 Å². The molecule has 0 spiro atoms. The van der Waals surface area contributed by atoms with Crippen LogP contribution >= 0.6 is 0 Å². The third-order valence-electron chi connectivity index (χ3n) is 1.07. The Labute approximate surface area is 83.8 Å². The van der Waals surface area contributed by atoms with E-state index >= 15 is 0 Å². The molecule has 0 bridgehead atoms. The fourth-order valence-electron chi connectivity index (χ4n) is 0.463. The van der Waals surface area contributed by atoms with E-state index < -0.39 is 6.09 Å². The summed E-state index contributed by atoms with van der Waals surface area (Å²) in [7, 11) is 6.18. The molecule has 0 aliphatic carbocycles. The first-order valence-electron chi connectivity index (χ1n) is 4.05. The molecule has 6 heteroatoms. The van der Waals surface area contributed by atoms with Crippen molar-refractivity contribution in [1.82, 2.24) is 0 Å². The zero-order valence-electron chi connectivity index (χ0n) is 9.07. The Morgan fingerprint density at radius 3 is 1.93 bits per heavy atom. The Kier molecular flexibility index (Phi) is 7.74. The molecule has 0 unspecified atom stereocenters. The number of carbonyl (C=O) groups is 2. The molecule has 0 rings (SSSR count). The normalized spacial score (nSPS) is 9.71. The standard InChI is InChI=1S/C7H16NO2.CH3NO2/c1-7(9)10-6-5-8(2,3)4;2-1(3)4/h5-6H2,1-4H3;2H2,(H,3,4)/q+1;/p-1. The van der Waals surface area contributed by atoms with Crippen molar-refractivity contribution in [2.24, 2.45) is 5.73 Å². The number of likely N-dealkylation sites (N-methyl/N-ethyl adjacent to an activating group) is 1. The van der Waals surface area contributed by atoms with Gasteiger partial charge >= 0.3 is 5.97 Å². The van der Waals surface area contributed by atoms with Gasteiger partial charge in [0, 0.05) is 6.92 Å². The number of amides is 1. The van der Waals surface area contributed by atoms with Crippen molar-refractivity contribution in [2.45, 2.75) is 6.92 Å². The molecule has 84 valence electrons. The SMILES string of the molecule is CC(=O)OCC[N+](C)(C)C.NC(=O)[O-]. The maximum atomic E-state index is 10.3. The second-order valence-electron chi connectivity index (χ2n) is 3.67. The lowest BCUT2D eigenvalue weighted by molar-refractivity contribution is -0.870. The van der Waals surface area contributed by atoms with Crippen LogP contribution in [0.5, 0.6) is 0 Å². The van der Waals surface area contributed by atoms with Crippen molar-refractivity contribution in [1.29, 1.82) is 0 Å². The Bertz CT molecular complexity index is 182. The van der Waals surface area contributed by atoms with E-state index in [-0.39, 0.29) is 5.97 Å². The summed E-state index contributed by atoms with van der Waals surface area (Å²) >= 11 is 0. The molecule has 0 fully saturated rings. The molecule has 6 nitrogen and oxygen atoms in total. The molecular formula is C8H18N2O4. The number of esters is 1. The Balaban J connectivity index is 0. The van der Waals surface area contributed by atoms with Crippen LogP contribution in [0, 0.1) is 0 Å². The van der Waals surface area contributed by atoms with Crippen molar-refractivity contribution in [3.8, 4) is 0 Å². The van der Waals surface area contributed by atoms with E-state index in [1.807, 2.05) is 0 Å². The van der Waals surface area contributed by atoms with E-state index in [4.69, 9.17) is 14.6 Å². The van der Waals surface area contributed by atoms with E-state index in [1.165, 1.54) is 6.92 Å². The fraction of sp³-hybridized carbons (Fsp3) is 0.750. The number of quaternary nitrogens is 1. The monoisotopic (exact) mass is 206 g/mol. The molecule has 0 atom stereocenters. The third kappa shape index (κ3) is 31.0. The highest BCUT2D eigenvalue weighted by molar-refractivity contribution is 5.65. The van der Waals surface area contributed by atoms with Crippen LogP contribution in [0.2, 0.25) is 0 Å². The zero-order valence-corrected chi connectivity index (χ0v) is 9.07. The molecule has 0 aliphatic rings. The number of nitrogens with two attached hydrogens (primary N) is 1. The van der Waals surface area contributed by atoms with Gasteiger partial charge in [0.1, 0.15) is 19.2 Å². The minimum atomic E-state index is -1.58. The third-order valence-corrected chi connectivity index (χ3v) is 1.07. The molecule has 1 amide bonds. The predicted molar refractivity (Wildman–Crippen MR) is 49.1 cm³/mol. The van der Waals surface area contributed by atoms with E-state index in [1.54, 1.807) is 0 Å². The molecule has 0 aromatic carbocycles. The van der Waals surface area contributed by atoms with Crippen molar-refractivity contribution < 1.29 is 23.9 Å². The second kappa shape index (κ2) is 7.14. The lowest BCUT2D eigenvalue weighted by Gasteiger charge is -2.23. The van der Waals surface area contributed by atoms with Gasteiger partial charge in [0.15, 0.2) is 0 Å². The molecule has 0 aliphatic heterocycles. The molecule has 0 saturated carbocycles. The number of rotatable bonds is 3. The quantitative estimate of drug-likeness (QED) is 0.451. The molecule has 0 aromatic heterocycles. The highest BCUT2D eigenvalue weighted by Gasteiger charge is 2.06. The molecular weight excluding hydrogens is 188 g/mol. The fourth-order valence-corrected chi connectivity index (χ4v) is 0.463. The van der Waals surface area contributed by atoms with Gasteiger partial charge in [-0.2, -0.15) is 0 Å². The molecule has 14 heavy (non-hydrogen) atoms. The summed E-state index contributed by atoms with van der Waals surface area (Å²) in [5.74, 6) is -0.201. The first-order chi connectivity index (χ1) is 6.15. The predicted octanol–water partition coefficient (Wildman–Crippen LogP) is -1.46. The summed E-state index contributed by atoms with van der Waals surface area (Å²) in [5, 5.41) is 8.67. The van der Waals surface area contributed by atoms with E-state index in [2.05, 4.69) is 26.9 Å². The van der Waals surface area contributed by atoms with E-state index in [0.717, 1.165) is 11.0 Å². The van der Waals surface area contributed by atoms with Crippen molar-refractivity contribution in [3.63, 3.8) is 0 Å². The van der Waals surface area contributed by atoms with E-state index in [9.17, 15) is 4.79 Å². The topological polar surface area (TPSA) is 92.5 Å². The summed E-state index contributed by atoms with van der Waals surface area (Å²) in [5.41, 5.74) is 3.92. The summed E-state index contributed by atoms with van der Waals surface area (Å²) in [6.45, 7) is 2.80. The van der Waals surface area contributed by atoms with Gasteiger partial charge in [0.25, 0.3) is 0 Å². The maximum absolute atomic E-state index is 10.3. The average molecular weight is 206 g/mol. The molecule has 0 radical (unpaired) electrons. The van der Waals surface area contributed by atoms with Crippen LogP contribution in [0.3, 0.4) is 0 Å². The second-order valence-corrected chi connectivity index (χ2v) is 3.67. The van der Waals surface area contributed by atoms with Gasteiger partial charge in [0.05, 0.1) is 21.1 Å². The Morgan fingerprint density at radius 1 is 1.36 bits per heavy atom. The first kappa shape index (κ1) is 15.2. The maximum Gasteiger partial charge on any atom is 0.302 e. The largest absolute Gasteiger partial charge is 0.530 e. The van der Waals surface area contributed by atoms with Gasteiger partial charge in [-0.25, -0.2) is 0 Å². The van der Waals surface area contributed by atoms with Gasteiger partial charge in [-0.15, -0.1) is 0 Å². The highest BCUT2D eigenvalue weighted by Crippen LogP contribution is 1.88. The number of primary amides is 1. The molecule has 0 aromatic rings. The number of hydrogen-bond donors (Lipinski definition) is 1. The lowest BCUT2D eigenvalue weighted by Crippen LogP contribution is -2.37. The minimum Gasteiger partial charge on any atom is -0.530 e. The van der Waals surface area contributed by atoms with Gasteiger partial charge in [-0.1, -0.05) is 0 Å². The Morgan fingerprint density at radius 2 is 1.71 bits per heavy atom. The van der Waals surface area contributed by atoms with Crippen molar-refractivity contribution in [2.75, 3.05) is 34.3 Å². The summed E-state index contributed by atoms with van der Waals surface area (Å²) in [6.07, 6.45) is -1.58. The molecule has 2 N–H and O–H groups in total. The number of carboxylic acid groups (broad SMARTS) is 1. The zero-order chi connectivity index (χ0) is 11.8. The van der Waals surface area contributed by atoms with E-state index in [0.29, 0.717) is 6.61 Å². The van der Waals surface area contributed by atoms with Crippen LogP contribution < -0.4 is 10.8 Å². The highest BCUT2D eigenvalue weighted by atomic mass is 16.5. The van der Waals surface area contributed by atoms with Crippen LogP contribution in [0.4, 0.5) is 4.79 Å². The number of ether oxygens (including phenoxy) is 1. The van der Waals surface area contributed by atoms with Crippen molar-refractivity contribution >= 4 is 12.1 Å². The summed E-state index contributed by atoms with van der Waals surface area (Å²) in [4.78, 5) is 19.0. The lowest BCUT2D eigenvalue weighted by atomic mass is 10.5.